The van der Waals surface area contributed by atoms with Gasteiger partial charge in [0.2, 0.25) is 0 Å². The second kappa shape index (κ2) is 21.3. The van der Waals surface area contributed by atoms with Crippen LogP contribution in [0, 0.1) is 0 Å². The molecule has 0 spiro atoms. The summed E-state index contributed by atoms with van der Waals surface area (Å²) in [6.45, 7) is 0. The number of fused-ring (bicyclic) bond motifs is 11. The first kappa shape index (κ1) is 49.6. The van der Waals surface area contributed by atoms with Crippen LogP contribution in [0.4, 0.5) is 22.7 Å². The van der Waals surface area contributed by atoms with Crippen LogP contribution in [0.15, 0.2) is 279 Å². The summed E-state index contributed by atoms with van der Waals surface area (Å²) < 4.78 is 19.3. The quantitative estimate of drug-likeness (QED) is 0.137. The van der Waals surface area contributed by atoms with E-state index < -0.39 is 0 Å². The van der Waals surface area contributed by atoms with E-state index in [0.29, 0.717) is 0 Å². The van der Waals surface area contributed by atoms with Gasteiger partial charge in [-0.3, -0.25) is 0 Å². The SMILES string of the molecule is Brc1ccc2c(c1)oc1ccccc12.C.I.Nc1ccc(-c2cccc3ccccc23)cc1.[HH].c1ccc2c(-c3ccc(N(c4ccc5c(c4)oc4ccccc45)c4ccc5c(c4)oc4ccccc45)cc3)cccc2c1. The predicted octanol–water partition coefficient (Wildman–Crippen LogP) is 21.7. The van der Waals surface area contributed by atoms with Gasteiger partial charge in [0.05, 0.1) is 0 Å². The highest BCUT2D eigenvalue weighted by Crippen LogP contribution is 2.42. The zero-order valence-corrected chi connectivity index (χ0v) is 44.3. The van der Waals surface area contributed by atoms with Crippen LogP contribution in [-0.4, -0.2) is 0 Å². The third-order valence-electron chi connectivity index (χ3n) is 13.8. The van der Waals surface area contributed by atoms with Crippen molar-refractivity contribution in [1.29, 1.82) is 0 Å². The number of para-hydroxylation sites is 3. The van der Waals surface area contributed by atoms with Crippen molar-refractivity contribution in [2.75, 3.05) is 10.6 Å². The minimum absolute atomic E-state index is 0. The number of benzene rings is 12. The van der Waals surface area contributed by atoms with E-state index in [1.165, 1.54) is 54.6 Å². The molecule has 0 bridgehead atoms. The van der Waals surface area contributed by atoms with Crippen LogP contribution < -0.4 is 10.6 Å². The molecule has 0 fully saturated rings. The number of furan rings is 3. The molecular weight excluding hydrogens is 1110 g/mol. The minimum atomic E-state index is 0. The van der Waals surface area contributed by atoms with E-state index >= 15 is 0 Å². The number of nitrogen functional groups attached to an aromatic ring is 1. The van der Waals surface area contributed by atoms with Crippen molar-refractivity contribution < 1.29 is 14.7 Å². The van der Waals surface area contributed by atoms with Crippen LogP contribution in [0.1, 0.15) is 8.85 Å². The molecule has 0 saturated carbocycles. The summed E-state index contributed by atoms with van der Waals surface area (Å²) in [5, 5.41) is 11.8. The van der Waals surface area contributed by atoms with Crippen LogP contribution in [0.2, 0.25) is 0 Å². The largest absolute Gasteiger partial charge is 0.456 e. The Labute approximate surface area is 467 Å². The highest BCUT2D eigenvalue weighted by Gasteiger charge is 2.18. The average Bonchev–Trinajstić information content (AvgIpc) is 4.15. The number of halogens is 2. The van der Waals surface area contributed by atoms with Crippen molar-refractivity contribution in [1.82, 2.24) is 0 Å². The van der Waals surface area contributed by atoms with Gasteiger partial charge in [-0.15, -0.1) is 24.0 Å². The summed E-state index contributed by atoms with van der Waals surface area (Å²) in [7, 11) is 0. The van der Waals surface area contributed by atoms with E-state index in [2.05, 4.69) is 215 Å². The maximum Gasteiger partial charge on any atom is 0.137 e. The van der Waals surface area contributed by atoms with Crippen LogP contribution in [0.25, 0.3) is 110 Å². The van der Waals surface area contributed by atoms with Crippen molar-refractivity contribution in [3.8, 4) is 22.3 Å². The molecule has 0 atom stereocenters. The molecular formula is C69H52BrIN2O3. The number of rotatable bonds is 5. The lowest BCUT2D eigenvalue weighted by atomic mass is 9.98. The molecule has 7 heteroatoms. The third kappa shape index (κ3) is 9.44. The van der Waals surface area contributed by atoms with Crippen molar-refractivity contribution >= 4 is 150 Å². The lowest BCUT2D eigenvalue weighted by molar-refractivity contribution is 0.668. The number of hydrogen-bond donors (Lipinski definition) is 1. The maximum absolute atomic E-state index is 6.30. The normalized spacial score (nSPS) is 11.1. The number of anilines is 4. The third-order valence-corrected chi connectivity index (χ3v) is 14.3. The number of nitrogens with zero attached hydrogens (tertiary/aromatic N) is 1. The Bertz CT molecular complexity index is 4420. The predicted molar refractivity (Wildman–Crippen MR) is 338 cm³/mol. The average molecular weight is 1160 g/mol. The Kier molecular flexibility index (Phi) is 13.9. The van der Waals surface area contributed by atoms with E-state index in [4.69, 9.17) is 19.0 Å². The van der Waals surface area contributed by atoms with E-state index in [-0.39, 0.29) is 32.8 Å². The highest BCUT2D eigenvalue weighted by atomic mass is 127. The molecule has 15 rings (SSSR count). The molecule has 0 saturated heterocycles. The van der Waals surface area contributed by atoms with Gasteiger partial charge in [0, 0.05) is 73.1 Å². The molecule has 5 nitrogen and oxygen atoms in total. The summed E-state index contributed by atoms with van der Waals surface area (Å²) in [5.74, 6) is 0. The molecule has 2 N–H and O–H groups in total. The lowest BCUT2D eigenvalue weighted by Crippen LogP contribution is -2.09. The fourth-order valence-electron chi connectivity index (χ4n) is 10.3. The standard InChI is InChI=1S/C40H25NO2.C16H13N.C12H7BrO.CH4.HI.H2/c1-2-10-31-26(8-1)9-7-13-32(31)27-16-18-28(19-17-27)41(29-20-22-35-33-11-3-5-14-37(33)42-39(35)24-29)30-21-23-36-34-12-4-6-15-38(34)43-40(36)25-30;17-14-10-8-13(9-11-14)16-7-3-5-12-4-1-2-6-15(12)16;13-8-5-6-10-9-3-1-2-4-11(9)14-12(10)7-8;;;/h1-25H;1-11H,17H2;1-7H;1H4;2*1H. The monoisotopic (exact) mass is 1160 g/mol. The summed E-state index contributed by atoms with van der Waals surface area (Å²) in [6.07, 6.45) is 0. The molecule has 0 amide bonds. The molecule has 15 aromatic rings. The van der Waals surface area contributed by atoms with Gasteiger partial charge < -0.3 is 23.9 Å². The van der Waals surface area contributed by atoms with Gasteiger partial charge in [0.15, 0.2) is 0 Å². The van der Waals surface area contributed by atoms with E-state index in [0.717, 1.165) is 82.3 Å². The van der Waals surface area contributed by atoms with Crippen LogP contribution >= 0.6 is 39.9 Å². The van der Waals surface area contributed by atoms with Crippen LogP contribution in [0.5, 0.6) is 0 Å². The Balaban J connectivity index is 0.000000162. The van der Waals surface area contributed by atoms with Gasteiger partial charge in [-0.25, -0.2) is 0 Å². The molecule has 3 heterocycles. The van der Waals surface area contributed by atoms with E-state index in [1.807, 2.05) is 66.7 Å². The smallest absolute Gasteiger partial charge is 0.137 e. The fourth-order valence-corrected chi connectivity index (χ4v) is 10.6. The lowest BCUT2D eigenvalue weighted by Gasteiger charge is -2.25. The molecule has 0 unspecified atom stereocenters. The van der Waals surface area contributed by atoms with Gasteiger partial charge in [-0.05, 0) is 129 Å². The second-order valence-corrected chi connectivity index (χ2v) is 19.3. The first-order chi connectivity index (χ1) is 36.5. The minimum Gasteiger partial charge on any atom is -0.456 e. The molecule has 12 aromatic carbocycles. The zero-order valence-electron chi connectivity index (χ0n) is 40.4. The Morgan fingerprint density at radius 1 is 0.316 bits per heavy atom. The summed E-state index contributed by atoms with van der Waals surface area (Å²) in [6, 6.07) is 90.2. The fraction of sp³-hybridized carbons (Fsp3) is 0.0145. The molecule has 0 radical (unpaired) electrons. The second-order valence-electron chi connectivity index (χ2n) is 18.4. The Hall–Kier alpha value is -8.63. The van der Waals surface area contributed by atoms with Crippen molar-refractivity contribution in [2.24, 2.45) is 0 Å². The first-order valence-electron chi connectivity index (χ1n) is 24.6. The van der Waals surface area contributed by atoms with E-state index in [9.17, 15) is 0 Å². The maximum atomic E-state index is 6.30. The summed E-state index contributed by atoms with van der Waals surface area (Å²) in [5.41, 5.74) is 19.8. The van der Waals surface area contributed by atoms with Gasteiger partial charge in [-0.1, -0.05) is 187 Å². The van der Waals surface area contributed by atoms with Crippen LogP contribution in [-0.2, 0) is 0 Å². The summed E-state index contributed by atoms with van der Waals surface area (Å²) >= 11 is 3.43. The van der Waals surface area contributed by atoms with Crippen molar-refractivity contribution in [3.05, 3.63) is 265 Å². The van der Waals surface area contributed by atoms with Gasteiger partial charge >= 0.3 is 0 Å². The topological polar surface area (TPSA) is 68.7 Å². The first-order valence-corrected chi connectivity index (χ1v) is 25.4. The van der Waals surface area contributed by atoms with Crippen molar-refractivity contribution in [3.63, 3.8) is 0 Å². The molecule has 3 aromatic heterocycles. The molecule has 370 valence electrons. The van der Waals surface area contributed by atoms with Gasteiger partial charge in [0.25, 0.3) is 0 Å². The molecule has 0 aliphatic heterocycles. The Morgan fingerprint density at radius 2 is 0.658 bits per heavy atom. The summed E-state index contributed by atoms with van der Waals surface area (Å²) in [4.78, 5) is 2.27. The zero-order chi connectivity index (χ0) is 49.5. The van der Waals surface area contributed by atoms with E-state index in [1.54, 1.807) is 0 Å². The Morgan fingerprint density at radius 3 is 1.12 bits per heavy atom. The highest BCUT2D eigenvalue weighted by molar-refractivity contribution is 14.0. The molecule has 76 heavy (non-hydrogen) atoms. The molecule has 0 aliphatic rings. The number of hydrogen-bond acceptors (Lipinski definition) is 5. The van der Waals surface area contributed by atoms with Gasteiger partial charge in [-0.2, -0.15) is 0 Å². The van der Waals surface area contributed by atoms with Crippen LogP contribution in [0.3, 0.4) is 0 Å². The van der Waals surface area contributed by atoms with Gasteiger partial charge in [0.1, 0.15) is 33.5 Å². The van der Waals surface area contributed by atoms with Crippen molar-refractivity contribution in [2.45, 2.75) is 7.43 Å². The number of nitrogens with two attached hydrogens (primary N) is 1. The molecule has 0 aliphatic carbocycles.